The van der Waals surface area contributed by atoms with Gasteiger partial charge in [0.25, 0.3) is 0 Å². The summed E-state index contributed by atoms with van der Waals surface area (Å²) in [6.07, 6.45) is 0. The molecular weight excluding hydrogens is 244 g/mol. The molecule has 1 aromatic carbocycles. The van der Waals surface area contributed by atoms with E-state index < -0.39 is 0 Å². The summed E-state index contributed by atoms with van der Waals surface area (Å²) in [5.41, 5.74) is 2.85. The van der Waals surface area contributed by atoms with Crippen LogP contribution in [0.5, 0.6) is 0 Å². The first kappa shape index (κ1) is 12.1. The van der Waals surface area contributed by atoms with Gasteiger partial charge in [-0.1, -0.05) is 12.1 Å². The normalized spacial score (nSPS) is 13.5. The molecule has 0 spiro atoms. The van der Waals surface area contributed by atoms with Gasteiger partial charge in [0.05, 0.1) is 13.2 Å². The highest BCUT2D eigenvalue weighted by Crippen LogP contribution is 2.22. The molecule has 0 bridgehead atoms. The number of furan rings is 1. The SMILES string of the molecule is COCc1ccc(C(=O)c2ccc3c(c2)COC3)o1. The Morgan fingerprint density at radius 3 is 2.89 bits per heavy atom. The molecule has 0 saturated heterocycles. The average molecular weight is 258 g/mol. The van der Waals surface area contributed by atoms with Gasteiger partial charge in [-0.05, 0) is 29.3 Å². The minimum Gasteiger partial charge on any atom is -0.455 e. The lowest BCUT2D eigenvalue weighted by Gasteiger charge is -2.01. The smallest absolute Gasteiger partial charge is 0.228 e. The Morgan fingerprint density at radius 1 is 1.21 bits per heavy atom. The molecule has 19 heavy (non-hydrogen) atoms. The number of rotatable bonds is 4. The molecule has 0 saturated carbocycles. The molecule has 0 aliphatic carbocycles. The van der Waals surface area contributed by atoms with Gasteiger partial charge < -0.3 is 13.9 Å². The molecule has 2 heterocycles. The maximum atomic E-state index is 12.3. The summed E-state index contributed by atoms with van der Waals surface area (Å²) in [6, 6.07) is 9.07. The molecule has 0 radical (unpaired) electrons. The van der Waals surface area contributed by atoms with Crippen molar-refractivity contribution in [3.63, 3.8) is 0 Å². The number of ketones is 1. The Labute approximate surface area is 110 Å². The van der Waals surface area contributed by atoms with Crippen LogP contribution in [0.3, 0.4) is 0 Å². The molecule has 0 N–H and O–H groups in total. The number of fused-ring (bicyclic) bond motifs is 1. The van der Waals surface area contributed by atoms with Gasteiger partial charge in [-0.3, -0.25) is 4.79 Å². The lowest BCUT2D eigenvalue weighted by atomic mass is 10.0. The quantitative estimate of drug-likeness (QED) is 0.791. The molecular formula is C15H14O4. The monoisotopic (exact) mass is 258 g/mol. The number of hydrogen-bond acceptors (Lipinski definition) is 4. The third kappa shape index (κ3) is 2.32. The van der Waals surface area contributed by atoms with Gasteiger partial charge in [0.1, 0.15) is 12.4 Å². The minimum absolute atomic E-state index is 0.114. The number of benzene rings is 1. The Morgan fingerprint density at radius 2 is 2.05 bits per heavy atom. The van der Waals surface area contributed by atoms with Crippen molar-refractivity contribution in [3.8, 4) is 0 Å². The van der Waals surface area contributed by atoms with E-state index in [-0.39, 0.29) is 5.78 Å². The van der Waals surface area contributed by atoms with E-state index in [0.717, 1.165) is 11.1 Å². The highest BCUT2D eigenvalue weighted by Gasteiger charge is 2.17. The van der Waals surface area contributed by atoms with Crippen molar-refractivity contribution in [1.82, 2.24) is 0 Å². The van der Waals surface area contributed by atoms with Crippen LogP contribution in [0.2, 0.25) is 0 Å². The van der Waals surface area contributed by atoms with E-state index in [0.29, 0.717) is 36.9 Å². The fourth-order valence-electron chi connectivity index (χ4n) is 2.18. The molecule has 1 aliphatic rings. The molecule has 0 amide bonds. The summed E-state index contributed by atoms with van der Waals surface area (Å²) in [6.45, 7) is 1.57. The van der Waals surface area contributed by atoms with Crippen LogP contribution in [0.4, 0.5) is 0 Å². The van der Waals surface area contributed by atoms with Crippen LogP contribution in [0.25, 0.3) is 0 Å². The molecule has 2 aromatic rings. The van der Waals surface area contributed by atoms with Crippen LogP contribution >= 0.6 is 0 Å². The first-order valence-corrected chi connectivity index (χ1v) is 6.10. The van der Waals surface area contributed by atoms with Crippen LogP contribution in [0.1, 0.15) is 33.0 Å². The van der Waals surface area contributed by atoms with Gasteiger partial charge in [-0.2, -0.15) is 0 Å². The van der Waals surface area contributed by atoms with E-state index in [2.05, 4.69) is 0 Å². The predicted octanol–water partition coefficient (Wildman–Crippen LogP) is 2.69. The molecule has 4 nitrogen and oxygen atoms in total. The van der Waals surface area contributed by atoms with E-state index in [1.807, 2.05) is 18.2 Å². The Kier molecular flexibility index (Phi) is 3.19. The second-order valence-corrected chi connectivity index (χ2v) is 4.50. The number of ether oxygens (including phenoxy) is 2. The van der Waals surface area contributed by atoms with Crippen molar-refractivity contribution in [2.45, 2.75) is 19.8 Å². The average Bonchev–Trinajstić information content (AvgIpc) is 3.05. The van der Waals surface area contributed by atoms with E-state index in [4.69, 9.17) is 13.9 Å². The van der Waals surface area contributed by atoms with E-state index >= 15 is 0 Å². The molecule has 1 aromatic heterocycles. The Hall–Kier alpha value is -1.91. The van der Waals surface area contributed by atoms with Gasteiger partial charge in [0.15, 0.2) is 5.76 Å². The minimum atomic E-state index is -0.114. The van der Waals surface area contributed by atoms with E-state index in [1.54, 1.807) is 19.2 Å². The van der Waals surface area contributed by atoms with Crippen LogP contribution in [-0.2, 0) is 29.3 Å². The summed E-state index contributed by atoms with van der Waals surface area (Å²) in [4.78, 5) is 12.3. The summed E-state index contributed by atoms with van der Waals surface area (Å²) >= 11 is 0. The van der Waals surface area contributed by atoms with Crippen LogP contribution in [0, 0.1) is 0 Å². The maximum absolute atomic E-state index is 12.3. The van der Waals surface area contributed by atoms with Crippen molar-refractivity contribution >= 4 is 5.78 Å². The molecule has 0 fully saturated rings. The second kappa shape index (κ2) is 4.99. The molecule has 3 rings (SSSR count). The highest BCUT2D eigenvalue weighted by molar-refractivity contribution is 6.07. The van der Waals surface area contributed by atoms with Gasteiger partial charge in [0.2, 0.25) is 5.78 Å². The summed E-state index contributed by atoms with van der Waals surface area (Å²) < 4.78 is 15.8. The predicted molar refractivity (Wildman–Crippen MR) is 67.8 cm³/mol. The van der Waals surface area contributed by atoms with Gasteiger partial charge in [-0.15, -0.1) is 0 Å². The Bertz CT molecular complexity index is 612. The molecule has 0 atom stereocenters. The maximum Gasteiger partial charge on any atom is 0.228 e. The second-order valence-electron chi connectivity index (χ2n) is 4.50. The zero-order valence-corrected chi connectivity index (χ0v) is 10.6. The Balaban J connectivity index is 1.86. The fourth-order valence-corrected chi connectivity index (χ4v) is 2.18. The molecule has 0 unspecified atom stereocenters. The first-order valence-electron chi connectivity index (χ1n) is 6.10. The number of carbonyl (C=O) groups excluding carboxylic acids is 1. The number of carbonyl (C=O) groups is 1. The molecule has 98 valence electrons. The lowest BCUT2D eigenvalue weighted by Crippen LogP contribution is -2.00. The van der Waals surface area contributed by atoms with Crippen molar-refractivity contribution in [3.05, 3.63) is 58.5 Å². The number of hydrogen-bond donors (Lipinski definition) is 0. The molecule has 4 heteroatoms. The third-order valence-corrected chi connectivity index (χ3v) is 3.16. The third-order valence-electron chi connectivity index (χ3n) is 3.16. The summed E-state index contributed by atoms with van der Waals surface area (Å²) in [5.74, 6) is 0.873. The highest BCUT2D eigenvalue weighted by atomic mass is 16.5. The largest absolute Gasteiger partial charge is 0.455 e. The number of methoxy groups -OCH3 is 1. The van der Waals surface area contributed by atoms with E-state index in [9.17, 15) is 4.79 Å². The van der Waals surface area contributed by atoms with Crippen molar-refractivity contribution in [1.29, 1.82) is 0 Å². The first-order chi connectivity index (χ1) is 9.28. The van der Waals surface area contributed by atoms with Crippen molar-refractivity contribution in [2.75, 3.05) is 7.11 Å². The summed E-state index contributed by atoms with van der Waals surface area (Å²) in [5, 5.41) is 0. The van der Waals surface area contributed by atoms with Crippen molar-refractivity contribution < 1.29 is 18.7 Å². The van der Waals surface area contributed by atoms with E-state index in [1.165, 1.54) is 0 Å². The van der Waals surface area contributed by atoms with Gasteiger partial charge in [0, 0.05) is 12.7 Å². The van der Waals surface area contributed by atoms with Gasteiger partial charge >= 0.3 is 0 Å². The van der Waals surface area contributed by atoms with Crippen molar-refractivity contribution in [2.24, 2.45) is 0 Å². The standard InChI is InChI=1S/C15H14O4/c1-17-9-13-4-5-14(19-13)15(16)10-2-3-11-7-18-8-12(11)6-10/h2-6H,7-9H2,1H3. The zero-order chi connectivity index (χ0) is 13.2. The summed E-state index contributed by atoms with van der Waals surface area (Å²) in [7, 11) is 1.59. The zero-order valence-electron chi connectivity index (χ0n) is 10.6. The van der Waals surface area contributed by atoms with Gasteiger partial charge in [-0.25, -0.2) is 0 Å². The fraction of sp³-hybridized carbons (Fsp3) is 0.267. The topological polar surface area (TPSA) is 48.7 Å². The lowest BCUT2D eigenvalue weighted by molar-refractivity contribution is 0.0999. The van der Waals surface area contributed by atoms with Crippen LogP contribution in [0.15, 0.2) is 34.7 Å². The van der Waals surface area contributed by atoms with Crippen LogP contribution < -0.4 is 0 Å². The molecule has 1 aliphatic heterocycles. The van der Waals surface area contributed by atoms with Crippen LogP contribution in [-0.4, -0.2) is 12.9 Å².